The zero-order chi connectivity index (χ0) is 25.7. The molecule has 2 N–H and O–H groups in total. The van der Waals surface area contributed by atoms with Gasteiger partial charge in [-0.3, -0.25) is 14.9 Å². The van der Waals surface area contributed by atoms with Crippen molar-refractivity contribution in [2.24, 2.45) is 0 Å². The van der Waals surface area contributed by atoms with Crippen LogP contribution >= 0.6 is 35.4 Å². The first-order valence-corrected chi connectivity index (χ1v) is 12.4. The van der Waals surface area contributed by atoms with Crippen LogP contribution in [-0.2, 0) is 0 Å². The maximum Gasteiger partial charge on any atom is 0.258 e. The number of hydrogen-bond donors (Lipinski definition) is 2. The van der Waals surface area contributed by atoms with E-state index in [1.807, 2.05) is 24.3 Å². The van der Waals surface area contributed by atoms with E-state index in [0.717, 1.165) is 11.4 Å². The third kappa shape index (κ3) is 6.07. The number of benzene rings is 3. The van der Waals surface area contributed by atoms with E-state index in [9.17, 15) is 9.59 Å². The normalized spacial score (nSPS) is 13.2. The molecule has 0 bridgehead atoms. The Morgan fingerprint density at radius 3 is 2.28 bits per heavy atom. The number of rotatable bonds is 5. The number of methoxy groups -OCH3 is 1. The van der Waals surface area contributed by atoms with Crippen LogP contribution in [0.4, 0.5) is 11.4 Å². The summed E-state index contributed by atoms with van der Waals surface area (Å²) in [5.41, 5.74) is 2.58. The van der Waals surface area contributed by atoms with Crippen LogP contribution in [0.2, 0.25) is 10.0 Å². The molecule has 1 aliphatic rings. The molecule has 1 aliphatic heterocycles. The fourth-order valence-electron chi connectivity index (χ4n) is 3.92. The van der Waals surface area contributed by atoms with Crippen LogP contribution in [0.1, 0.15) is 20.7 Å². The van der Waals surface area contributed by atoms with Crippen molar-refractivity contribution < 1.29 is 14.3 Å². The number of carbonyl (C=O) groups is 2. The van der Waals surface area contributed by atoms with E-state index in [1.54, 1.807) is 47.4 Å². The first-order chi connectivity index (χ1) is 17.4. The molecule has 1 fully saturated rings. The molecule has 36 heavy (non-hydrogen) atoms. The van der Waals surface area contributed by atoms with Crippen molar-refractivity contribution in [1.82, 2.24) is 10.2 Å². The van der Waals surface area contributed by atoms with Gasteiger partial charge < -0.3 is 19.9 Å². The standard InChI is InChI=1S/C26H24Cl2N4O3S/c1-35-23-11-6-17(27)16-21(23)25(34)32-14-12-31(13-15-32)19-9-7-18(8-10-19)29-26(36)30-24(33)20-4-2-3-5-22(20)28/h2-11,16H,12-15H2,1H3,(H2,29,30,33,36). The molecule has 0 aromatic heterocycles. The van der Waals surface area contributed by atoms with Gasteiger partial charge in [0.05, 0.1) is 23.3 Å². The zero-order valence-corrected chi connectivity index (χ0v) is 21.8. The molecule has 0 spiro atoms. The lowest BCUT2D eigenvalue weighted by molar-refractivity contribution is 0.0743. The highest BCUT2D eigenvalue weighted by atomic mass is 35.5. The number of hydrogen-bond acceptors (Lipinski definition) is 5. The predicted octanol–water partition coefficient (Wildman–Crippen LogP) is 5.09. The van der Waals surface area contributed by atoms with Crippen LogP contribution in [0.25, 0.3) is 0 Å². The fraction of sp³-hybridized carbons (Fsp3) is 0.192. The monoisotopic (exact) mass is 542 g/mol. The van der Waals surface area contributed by atoms with Gasteiger partial charge in [-0.15, -0.1) is 0 Å². The highest BCUT2D eigenvalue weighted by Crippen LogP contribution is 2.26. The van der Waals surface area contributed by atoms with Crippen LogP contribution in [-0.4, -0.2) is 55.1 Å². The maximum atomic E-state index is 13.0. The number of ether oxygens (including phenoxy) is 1. The molecule has 2 amide bonds. The summed E-state index contributed by atoms with van der Waals surface area (Å²) in [7, 11) is 1.54. The highest BCUT2D eigenvalue weighted by molar-refractivity contribution is 7.80. The Kier molecular flexibility index (Phi) is 8.30. The second kappa shape index (κ2) is 11.6. The van der Waals surface area contributed by atoms with Crippen molar-refractivity contribution in [3.8, 4) is 5.75 Å². The van der Waals surface area contributed by atoms with Gasteiger partial charge >= 0.3 is 0 Å². The molecule has 0 radical (unpaired) electrons. The minimum Gasteiger partial charge on any atom is -0.496 e. The zero-order valence-electron chi connectivity index (χ0n) is 19.5. The predicted molar refractivity (Wildman–Crippen MR) is 148 cm³/mol. The smallest absolute Gasteiger partial charge is 0.258 e. The summed E-state index contributed by atoms with van der Waals surface area (Å²) in [4.78, 5) is 29.4. The second-order valence-electron chi connectivity index (χ2n) is 8.06. The Hall–Kier alpha value is -3.33. The third-order valence-electron chi connectivity index (χ3n) is 5.79. The summed E-state index contributed by atoms with van der Waals surface area (Å²) >= 11 is 17.4. The van der Waals surface area contributed by atoms with Crippen molar-refractivity contribution >= 4 is 63.7 Å². The number of anilines is 2. The molecular formula is C26H24Cl2N4O3S. The molecule has 0 aliphatic carbocycles. The number of amides is 2. The summed E-state index contributed by atoms with van der Waals surface area (Å²) < 4.78 is 5.33. The molecule has 0 unspecified atom stereocenters. The van der Waals surface area contributed by atoms with Gasteiger partial charge in [0.15, 0.2) is 5.11 Å². The van der Waals surface area contributed by atoms with Crippen molar-refractivity contribution in [1.29, 1.82) is 0 Å². The van der Waals surface area contributed by atoms with Crippen LogP contribution in [0.3, 0.4) is 0 Å². The molecule has 0 saturated carbocycles. The fourth-order valence-corrected chi connectivity index (χ4v) is 4.52. The molecule has 186 valence electrons. The lowest BCUT2D eigenvalue weighted by Crippen LogP contribution is -2.48. The molecule has 7 nitrogen and oxygen atoms in total. The van der Waals surface area contributed by atoms with Crippen LogP contribution in [0.15, 0.2) is 66.7 Å². The van der Waals surface area contributed by atoms with Gasteiger partial charge in [0.25, 0.3) is 11.8 Å². The number of halogens is 2. The first-order valence-electron chi connectivity index (χ1n) is 11.2. The summed E-state index contributed by atoms with van der Waals surface area (Å²) in [6.07, 6.45) is 0. The second-order valence-corrected chi connectivity index (χ2v) is 9.31. The van der Waals surface area contributed by atoms with E-state index < -0.39 is 0 Å². The van der Waals surface area contributed by atoms with Crippen molar-refractivity contribution in [2.45, 2.75) is 0 Å². The number of carbonyl (C=O) groups excluding carboxylic acids is 2. The van der Waals surface area contributed by atoms with E-state index in [0.29, 0.717) is 53.1 Å². The lowest BCUT2D eigenvalue weighted by atomic mass is 10.1. The average molecular weight is 543 g/mol. The van der Waals surface area contributed by atoms with Gasteiger partial charge in [0.2, 0.25) is 0 Å². The Morgan fingerprint density at radius 1 is 0.917 bits per heavy atom. The molecule has 1 heterocycles. The van der Waals surface area contributed by atoms with Crippen molar-refractivity contribution in [3.63, 3.8) is 0 Å². The number of thiocarbonyl (C=S) groups is 1. The molecule has 1 saturated heterocycles. The first kappa shape index (κ1) is 25.8. The SMILES string of the molecule is COc1ccc(Cl)cc1C(=O)N1CCN(c2ccc(NC(=S)NC(=O)c3ccccc3Cl)cc2)CC1. The van der Waals surface area contributed by atoms with Crippen LogP contribution in [0, 0.1) is 0 Å². The van der Waals surface area contributed by atoms with E-state index >= 15 is 0 Å². The van der Waals surface area contributed by atoms with Gasteiger partial charge in [-0.1, -0.05) is 35.3 Å². The number of nitrogens with one attached hydrogen (secondary N) is 2. The van der Waals surface area contributed by atoms with E-state index in [2.05, 4.69) is 15.5 Å². The Balaban J connectivity index is 1.31. The van der Waals surface area contributed by atoms with Crippen molar-refractivity contribution in [3.05, 3.63) is 87.9 Å². The number of piperazine rings is 1. The number of nitrogens with zero attached hydrogens (tertiary/aromatic N) is 2. The van der Waals surface area contributed by atoms with Crippen LogP contribution in [0.5, 0.6) is 5.75 Å². The van der Waals surface area contributed by atoms with Gasteiger partial charge in [-0.2, -0.15) is 0 Å². The van der Waals surface area contributed by atoms with Gasteiger partial charge in [-0.05, 0) is 66.8 Å². The van der Waals surface area contributed by atoms with Gasteiger partial charge in [-0.25, -0.2) is 0 Å². The summed E-state index contributed by atoms with van der Waals surface area (Å²) in [5, 5.41) is 6.67. The largest absolute Gasteiger partial charge is 0.496 e. The van der Waals surface area contributed by atoms with Crippen molar-refractivity contribution in [2.75, 3.05) is 43.5 Å². The quantitative estimate of drug-likeness (QED) is 0.437. The lowest BCUT2D eigenvalue weighted by Gasteiger charge is -2.36. The molecule has 0 atom stereocenters. The maximum absolute atomic E-state index is 13.0. The summed E-state index contributed by atoms with van der Waals surface area (Å²) in [5.74, 6) is 0.0364. The Bertz CT molecular complexity index is 1280. The van der Waals surface area contributed by atoms with E-state index in [1.165, 1.54) is 7.11 Å². The van der Waals surface area contributed by atoms with Gasteiger partial charge in [0.1, 0.15) is 5.75 Å². The van der Waals surface area contributed by atoms with E-state index in [4.69, 9.17) is 40.2 Å². The molecule has 4 rings (SSSR count). The minimum absolute atomic E-state index is 0.0964. The summed E-state index contributed by atoms with van der Waals surface area (Å²) in [6.45, 7) is 2.53. The third-order valence-corrected chi connectivity index (χ3v) is 6.56. The highest BCUT2D eigenvalue weighted by Gasteiger charge is 2.24. The van der Waals surface area contributed by atoms with Crippen LogP contribution < -0.4 is 20.3 Å². The molecule has 10 heteroatoms. The Morgan fingerprint density at radius 2 is 1.61 bits per heavy atom. The molecule has 3 aromatic carbocycles. The topological polar surface area (TPSA) is 73.9 Å². The van der Waals surface area contributed by atoms with Gasteiger partial charge in [0, 0.05) is 42.6 Å². The average Bonchev–Trinajstić information content (AvgIpc) is 2.89. The van der Waals surface area contributed by atoms with E-state index in [-0.39, 0.29) is 16.9 Å². The Labute approximate surface area is 224 Å². The summed E-state index contributed by atoms with van der Waals surface area (Å²) in [6, 6.07) is 19.5. The molecular weight excluding hydrogens is 519 g/mol. The molecule has 3 aromatic rings. The minimum atomic E-state index is -0.377.